The zero-order valence-electron chi connectivity index (χ0n) is 8.36. The van der Waals surface area contributed by atoms with Gasteiger partial charge in [0.25, 0.3) is 0 Å². The first-order chi connectivity index (χ1) is 6.33. The number of nitrogens with zero attached hydrogens (tertiary/aromatic N) is 1. The van der Waals surface area contributed by atoms with Crippen molar-refractivity contribution in [2.75, 3.05) is 25.9 Å². The van der Waals surface area contributed by atoms with Crippen molar-refractivity contribution in [3.63, 3.8) is 0 Å². The van der Waals surface area contributed by atoms with Crippen LogP contribution in [0.15, 0.2) is 35.2 Å². The molecule has 0 spiro atoms. The number of benzene rings is 1. The molecule has 0 saturated heterocycles. The van der Waals surface area contributed by atoms with Crippen LogP contribution in [0.5, 0.6) is 0 Å². The van der Waals surface area contributed by atoms with Crippen LogP contribution in [0.1, 0.15) is 6.92 Å². The SMILES string of the molecule is CCN(C)CCSc1ccccc1. The average Bonchev–Trinajstić information content (AvgIpc) is 2.19. The topological polar surface area (TPSA) is 3.24 Å². The van der Waals surface area contributed by atoms with Crippen LogP contribution in [0.4, 0.5) is 0 Å². The molecule has 1 aromatic rings. The number of rotatable bonds is 5. The van der Waals surface area contributed by atoms with E-state index in [1.807, 2.05) is 11.8 Å². The second kappa shape index (κ2) is 6.06. The maximum absolute atomic E-state index is 2.33. The first-order valence-electron chi connectivity index (χ1n) is 4.69. The predicted octanol–water partition coefficient (Wildman–Crippen LogP) is 2.73. The molecule has 0 unspecified atom stereocenters. The molecule has 0 aromatic heterocycles. The zero-order chi connectivity index (χ0) is 9.52. The van der Waals surface area contributed by atoms with Gasteiger partial charge in [-0.3, -0.25) is 0 Å². The summed E-state index contributed by atoms with van der Waals surface area (Å²) < 4.78 is 0. The maximum atomic E-state index is 2.33. The molecular weight excluding hydrogens is 178 g/mol. The maximum Gasteiger partial charge on any atom is 0.0108 e. The van der Waals surface area contributed by atoms with Gasteiger partial charge in [-0.25, -0.2) is 0 Å². The molecule has 0 N–H and O–H groups in total. The molecule has 0 bridgehead atoms. The summed E-state index contributed by atoms with van der Waals surface area (Å²) in [5, 5.41) is 0. The van der Waals surface area contributed by atoms with E-state index >= 15 is 0 Å². The molecule has 0 fully saturated rings. The predicted molar refractivity (Wildman–Crippen MR) is 60.3 cm³/mol. The third-order valence-corrected chi connectivity index (χ3v) is 3.02. The molecule has 0 radical (unpaired) electrons. The van der Waals surface area contributed by atoms with Crippen molar-refractivity contribution in [2.24, 2.45) is 0 Å². The van der Waals surface area contributed by atoms with E-state index in [2.05, 4.69) is 49.2 Å². The second-order valence-corrected chi connectivity index (χ2v) is 4.23. The third-order valence-electron chi connectivity index (χ3n) is 2.02. The summed E-state index contributed by atoms with van der Waals surface area (Å²) in [6.45, 7) is 4.48. The Hall–Kier alpha value is -0.470. The van der Waals surface area contributed by atoms with Gasteiger partial charge in [0.2, 0.25) is 0 Å². The van der Waals surface area contributed by atoms with Crippen LogP contribution in [0.2, 0.25) is 0 Å². The van der Waals surface area contributed by atoms with Crippen molar-refractivity contribution >= 4 is 11.8 Å². The lowest BCUT2D eigenvalue weighted by Crippen LogP contribution is -2.20. The molecule has 1 aromatic carbocycles. The lowest BCUT2D eigenvalue weighted by atomic mass is 10.4. The summed E-state index contributed by atoms with van der Waals surface area (Å²) in [5.41, 5.74) is 0. The van der Waals surface area contributed by atoms with Crippen LogP contribution in [0, 0.1) is 0 Å². The van der Waals surface area contributed by atoms with Gasteiger partial charge in [-0.2, -0.15) is 0 Å². The highest BCUT2D eigenvalue weighted by atomic mass is 32.2. The van der Waals surface area contributed by atoms with Crippen LogP contribution >= 0.6 is 11.8 Å². The minimum Gasteiger partial charge on any atom is -0.306 e. The van der Waals surface area contributed by atoms with E-state index in [1.165, 1.54) is 10.6 Å². The van der Waals surface area contributed by atoms with Crippen LogP contribution in [0.3, 0.4) is 0 Å². The Morgan fingerprint density at radius 1 is 1.23 bits per heavy atom. The number of thioether (sulfide) groups is 1. The Kier molecular flexibility index (Phi) is 4.94. The van der Waals surface area contributed by atoms with Crippen molar-refractivity contribution < 1.29 is 0 Å². The van der Waals surface area contributed by atoms with Gasteiger partial charge in [0.1, 0.15) is 0 Å². The summed E-state index contributed by atoms with van der Waals surface area (Å²) >= 11 is 1.92. The van der Waals surface area contributed by atoms with E-state index in [0.717, 1.165) is 13.1 Å². The Morgan fingerprint density at radius 3 is 2.54 bits per heavy atom. The van der Waals surface area contributed by atoms with Gasteiger partial charge in [-0.1, -0.05) is 25.1 Å². The molecule has 0 aliphatic carbocycles. The summed E-state index contributed by atoms with van der Waals surface area (Å²) in [4.78, 5) is 3.70. The van der Waals surface area contributed by atoms with E-state index < -0.39 is 0 Å². The first kappa shape index (κ1) is 10.6. The van der Waals surface area contributed by atoms with Crippen molar-refractivity contribution in [3.8, 4) is 0 Å². The van der Waals surface area contributed by atoms with Gasteiger partial charge in [0, 0.05) is 17.2 Å². The standard InChI is InChI=1S/C11H17NS/c1-3-12(2)9-10-13-11-7-5-4-6-8-11/h4-8H,3,9-10H2,1-2H3. The van der Waals surface area contributed by atoms with Gasteiger partial charge in [-0.05, 0) is 25.7 Å². The summed E-state index contributed by atoms with van der Waals surface area (Å²) in [5.74, 6) is 1.17. The molecule has 72 valence electrons. The Labute approximate surface area is 85.1 Å². The molecule has 0 amide bonds. The van der Waals surface area contributed by atoms with Crippen LogP contribution in [-0.4, -0.2) is 30.8 Å². The van der Waals surface area contributed by atoms with Gasteiger partial charge in [0.15, 0.2) is 0 Å². The zero-order valence-corrected chi connectivity index (χ0v) is 9.18. The summed E-state index contributed by atoms with van der Waals surface area (Å²) in [6, 6.07) is 10.6. The molecule has 0 saturated carbocycles. The fraction of sp³-hybridized carbons (Fsp3) is 0.455. The molecule has 0 aliphatic heterocycles. The highest BCUT2D eigenvalue weighted by Gasteiger charge is 1.95. The monoisotopic (exact) mass is 195 g/mol. The van der Waals surface area contributed by atoms with E-state index in [0.29, 0.717) is 0 Å². The van der Waals surface area contributed by atoms with Gasteiger partial charge >= 0.3 is 0 Å². The highest BCUT2D eigenvalue weighted by molar-refractivity contribution is 7.99. The fourth-order valence-electron chi connectivity index (χ4n) is 0.994. The Bertz CT molecular complexity index is 223. The van der Waals surface area contributed by atoms with Crippen molar-refractivity contribution in [2.45, 2.75) is 11.8 Å². The molecule has 2 heteroatoms. The van der Waals surface area contributed by atoms with Crippen molar-refractivity contribution in [3.05, 3.63) is 30.3 Å². The van der Waals surface area contributed by atoms with Gasteiger partial charge in [-0.15, -0.1) is 11.8 Å². The lowest BCUT2D eigenvalue weighted by Gasteiger charge is -2.12. The summed E-state index contributed by atoms with van der Waals surface area (Å²) in [7, 11) is 2.16. The van der Waals surface area contributed by atoms with E-state index in [9.17, 15) is 0 Å². The third kappa shape index (κ3) is 4.34. The molecule has 0 aliphatic rings. The van der Waals surface area contributed by atoms with Crippen molar-refractivity contribution in [1.82, 2.24) is 4.90 Å². The molecular formula is C11H17NS. The van der Waals surface area contributed by atoms with Crippen LogP contribution < -0.4 is 0 Å². The Balaban J connectivity index is 2.20. The molecule has 13 heavy (non-hydrogen) atoms. The van der Waals surface area contributed by atoms with E-state index in [4.69, 9.17) is 0 Å². The highest BCUT2D eigenvalue weighted by Crippen LogP contribution is 2.16. The van der Waals surface area contributed by atoms with Gasteiger partial charge < -0.3 is 4.90 Å². The molecule has 0 atom stereocenters. The van der Waals surface area contributed by atoms with Crippen LogP contribution in [0.25, 0.3) is 0 Å². The molecule has 0 heterocycles. The van der Waals surface area contributed by atoms with Crippen LogP contribution in [-0.2, 0) is 0 Å². The summed E-state index contributed by atoms with van der Waals surface area (Å²) in [6.07, 6.45) is 0. The average molecular weight is 195 g/mol. The lowest BCUT2D eigenvalue weighted by molar-refractivity contribution is 0.376. The molecule has 1 nitrogen and oxygen atoms in total. The van der Waals surface area contributed by atoms with E-state index in [1.54, 1.807) is 0 Å². The minimum absolute atomic E-state index is 1.13. The van der Waals surface area contributed by atoms with Crippen molar-refractivity contribution in [1.29, 1.82) is 0 Å². The number of hydrogen-bond acceptors (Lipinski definition) is 2. The normalized spacial score (nSPS) is 10.7. The van der Waals surface area contributed by atoms with Gasteiger partial charge in [0.05, 0.1) is 0 Å². The smallest absolute Gasteiger partial charge is 0.0108 e. The largest absolute Gasteiger partial charge is 0.306 e. The minimum atomic E-state index is 1.13. The Morgan fingerprint density at radius 2 is 1.92 bits per heavy atom. The fourth-order valence-corrected chi connectivity index (χ4v) is 1.98. The second-order valence-electron chi connectivity index (χ2n) is 3.06. The molecule has 1 rings (SSSR count). The number of hydrogen-bond donors (Lipinski definition) is 0. The quantitative estimate of drug-likeness (QED) is 0.665. The van der Waals surface area contributed by atoms with E-state index in [-0.39, 0.29) is 0 Å². The first-order valence-corrected chi connectivity index (χ1v) is 5.68.